The molecule has 1 aromatic carbocycles. The van der Waals surface area contributed by atoms with Gasteiger partial charge in [-0.05, 0) is 29.9 Å². The Bertz CT molecular complexity index is 411. The van der Waals surface area contributed by atoms with E-state index in [4.69, 9.17) is 0 Å². The Morgan fingerprint density at radius 1 is 1.05 bits per heavy atom. The van der Waals surface area contributed by atoms with E-state index in [9.17, 15) is 0 Å². The van der Waals surface area contributed by atoms with E-state index in [-0.39, 0.29) is 5.41 Å². The second-order valence-corrected chi connectivity index (χ2v) is 6.19. The molecule has 1 aromatic rings. The van der Waals surface area contributed by atoms with Crippen LogP contribution in [0.3, 0.4) is 0 Å². The first-order valence-electron chi connectivity index (χ1n) is 7.56. The van der Waals surface area contributed by atoms with Crippen LogP contribution in [0.25, 0.3) is 5.57 Å². The van der Waals surface area contributed by atoms with Gasteiger partial charge in [-0.3, -0.25) is 0 Å². The molecule has 0 aromatic heterocycles. The van der Waals surface area contributed by atoms with Gasteiger partial charge in [0.2, 0.25) is 0 Å². The highest BCUT2D eigenvalue weighted by Crippen LogP contribution is 2.32. The van der Waals surface area contributed by atoms with Gasteiger partial charge >= 0.3 is 0 Å². The summed E-state index contributed by atoms with van der Waals surface area (Å²) in [6, 6.07) is 10.6. The molecule has 0 spiro atoms. The maximum Gasteiger partial charge on any atom is 0.00623 e. The van der Waals surface area contributed by atoms with E-state index in [1.807, 2.05) is 0 Å². The van der Waals surface area contributed by atoms with Crippen molar-refractivity contribution in [3.63, 3.8) is 0 Å². The van der Waals surface area contributed by atoms with Gasteiger partial charge in [-0.1, -0.05) is 77.3 Å². The summed E-state index contributed by atoms with van der Waals surface area (Å²) in [4.78, 5) is 0. The third kappa shape index (κ3) is 5.94. The topological polar surface area (TPSA) is 0 Å². The lowest BCUT2D eigenvalue weighted by Gasteiger charge is -2.21. The Hall–Kier alpha value is -1.26. The lowest BCUT2D eigenvalue weighted by molar-refractivity contribution is 0.567. The number of rotatable bonds is 6. The van der Waals surface area contributed by atoms with Crippen LogP contribution in [0, 0.1) is 5.41 Å². The molecule has 0 atom stereocenters. The van der Waals surface area contributed by atoms with Crippen molar-refractivity contribution in [3.05, 3.63) is 47.7 Å². The summed E-state index contributed by atoms with van der Waals surface area (Å²) in [5, 5.41) is 0. The summed E-state index contributed by atoms with van der Waals surface area (Å²) in [7, 11) is 0. The summed E-state index contributed by atoms with van der Waals surface area (Å²) in [5.41, 5.74) is 6.29. The van der Waals surface area contributed by atoms with Crippen molar-refractivity contribution in [3.8, 4) is 0 Å². The molecule has 0 bridgehead atoms. The van der Waals surface area contributed by atoms with Crippen LogP contribution in [0.2, 0.25) is 0 Å². The van der Waals surface area contributed by atoms with E-state index >= 15 is 0 Å². The third-order valence-corrected chi connectivity index (χ3v) is 3.26. The van der Waals surface area contributed by atoms with Crippen molar-refractivity contribution in [1.82, 2.24) is 0 Å². The molecule has 0 unspecified atom stereocenters. The van der Waals surface area contributed by atoms with Crippen LogP contribution in [0.15, 0.2) is 42.1 Å². The fourth-order valence-electron chi connectivity index (χ4n) is 2.19. The van der Waals surface area contributed by atoms with Gasteiger partial charge in [0.15, 0.2) is 0 Å². The van der Waals surface area contributed by atoms with E-state index in [0.717, 1.165) is 6.42 Å². The van der Waals surface area contributed by atoms with Gasteiger partial charge in [0, 0.05) is 5.57 Å². The summed E-state index contributed by atoms with van der Waals surface area (Å²) >= 11 is 0. The molecular formula is C19H28. The molecule has 0 amide bonds. The highest BCUT2D eigenvalue weighted by Gasteiger charge is 2.17. The molecule has 0 N–H and O–H groups in total. The molecule has 0 heterocycles. The van der Waals surface area contributed by atoms with Crippen molar-refractivity contribution in [2.45, 2.75) is 59.8 Å². The SMILES string of the molecule is CCCCCCC=C=C(c1ccccc1)C(C)(C)C. The minimum absolute atomic E-state index is 0.140. The number of allylic oxidation sites excluding steroid dienone is 1. The minimum Gasteiger partial charge on any atom is -0.121 e. The first-order valence-corrected chi connectivity index (χ1v) is 7.56. The second-order valence-electron chi connectivity index (χ2n) is 6.19. The van der Waals surface area contributed by atoms with Crippen molar-refractivity contribution >= 4 is 5.57 Å². The molecule has 0 heteroatoms. The van der Waals surface area contributed by atoms with Crippen LogP contribution >= 0.6 is 0 Å². The molecule has 19 heavy (non-hydrogen) atoms. The van der Waals surface area contributed by atoms with Crippen molar-refractivity contribution < 1.29 is 0 Å². The van der Waals surface area contributed by atoms with E-state index in [0.29, 0.717) is 0 Å². The van der Waals surface area contributed by atoms with Crippen molar-refractivity contribution in [2.24, 2.45) is 5.41 Å². The number of hydrogen-bond donors (Lipinski definition) is 0. The van der Waals surface area contributed by atoms with Crippen molar-refractivity contribution in [1.29, 1.82) is 0 Å². The molecule has 1 rings (SSSR count). The summed E-state index contributed by atoms with van der Waals surface area (Å²) < 4.78 is 0. The summed E-state index contributed by atoms with van der Waals surface area (Å²) in [5.74, 6) is 0. The molecule has 0 aliphatic heterocycles. The standard InChI is InChI=1S/C19H28/c1-5-6-7-8-9-13-16-18(19(2,3)4)17-14-11-10-12-15-17/h10-15H,5-9H2,1-4H3. The molecular weight excluding hydrogens is 228 g/mol. The normalized spacial score (nSPS) is 10.9. The molecule has 0 aliphatic rings. The van der Waals surface area contributed by atoms with Crippen LogP contribution in [-0.4, -0.2) is 0 Å². The zero-order chi connectivity index (χ0) is 14.1. The Morgan fingerprint density at radius 2 is 1.74 bits per heavy atom. The largest absolute Gasteiger partial charge is 0.121 e. The van der Waals surface area contributed by atoms with Crippen LogP contribution in [0.5, 0.6) is 0 Å². The molecule has 0 radical (unpaired) electrons. The Balaban J connectivity index is 2.78. The monoisotopic (exact) mass is 256 g/mol. The van der Waals surface area contributed by atoms with E-state index in [2.05, 4.69) is 69.8 Å². The van der Waals surface area contributed by atoms with Gasteiger partial charge in [0.1, 0.15) is 0 Å². The molecule has 0 saturated carbocycles. The molecule has 0 aliphatic carbocycles. The van der Waals surface area contributed by atoms with E-state index in [1.54, 1.807) is 0 Å². The summed E-state index contributed by atoms with van der Waals surface area (Å²) in [6.07, 6.45) is 8.65. The molecule has 0 saturated heterocycles. The lowest BCUT2D eigenvalue weighted by Crippen LogP contribution is -2.07. The Labute approximate surface area is 119 Å². The fraction of sp³-hybridized carbons (Fsp3) is 0.526. The molecule has 104 valence electrons. The van der Waals surface area contributed by atoms with E-state index < -0.39 is 0 Å². The fourth-order valence-corrected chi connectivity index (χ4v) is 2.19. The predicted octanol–water partition coefficient (Wildman–Crippen LogP) is 6.24. The van der Waals surface area contributed by atoms with Crippen LogP contribution < -0.4 is 0 Å². The second kappa shape index (κ2) is 8.02. The molecule has 0 nitrogen and oxygen atoms in total. The van der Waals surface area contributed by atoms with E-state index in [1.165, 1.54) is 36.8 Å². The highest BCUT2D eigenvalue weighted by molar-refractivity contribution is 5.68. The minimum atomic E-state index is 0.140. The number of unbranched alkanes of at least 4 members (excludes halogenated alkanes) is 4. The van der Waals surface area contributed by atoms with Gasteiger partial charge in [-0.25, -0.2) is 0 Å². The zero-order valence-corrected chi connectivity index (χ0v) is 13.0. The number of benzene rings is 1. The van der Waals surface area contributed by atoms with Gasteiger partial charge in [0.05, 0.1) is 0 Å². The van der Waals surface area contributed by atoms with Gasteiger partial charge < -0.3 is 0 Å². The highest BCUT2D eigenvalue weighted by atomic mass is 14.2. The van der Waals surface area contributed by atoms with Crippen LogP contribution in [0.1, 0.15) is 65.4 Å². The average Bonchev–Trinajstić information content (AvgIpc) is 2.37. The van der Waals surface area contributed by atoms with Gasteiger partial charge in [0.25, 0.3) is 0 Å². The maximum atomic E-state index is 3.54. The number of hydrogen-bond acceptors (Lipinski definition) is 0. The van der Waals surface area contributed by atoms with Crippen molar-refractivity contribution in [2.75, 3.05) is 0 Å². The average molecular weight is 256 g/mol. The quantitative estimate of drug-likeness (QED) is 0.417. The predicted molar refractivity (Wildman–Crippen MR) is 86.1 cm³/mol. The summed E-state index contributed by atoms with van der Waals surface area (Å²) in [6.45, 7) is 9.02. The first-order chi connectivity index (χ1) is 9.05. The first kappa shape index (κ1) is 15.8. The van der Waals surface area contributed by atoms with Gasteiger partial charge in [-0.2, -0.15) is 0 Å². The zero-order valence-electron chi connectivity index (χ0n) is 13.0. The third-order valence-electron chi connectivity index (χ3n) is 3.26. The van der Waals surface area contributed by atoms with Gasteiger partial charge in [-0.15, -0.1) is 5.73 Å². The Morgan fingerprint density at radius 3 is 2.32 bits per heavy atom. The Kier molecular flexibility index (Phi) is 6.67. The smallest absolute Gasteiger partial charge is 0.00623 e. The van der Waals surface area contributed by atoms with Crippen LogP contribution in [-0.2, 0) is 0 Å². The van der Waals surface area contributed by atoms with Crippen LogP contribution in [0.4, 0.5) is 0 Å². The molecule has 0 fully saturated rings. The lowest BCUT2D eigenvalue weighted by atomic mass is 9.82. The maximum absolute atomic E-state index is 3.54.